The van der Waals surface area contributed by atoms with Gasteiger partial charge in [0, 0.05) is 12.1 Å². The van der Waals surface area contributed by atoms with Crippen LogP contribution < -0.4 is 5.32 Å². The van der Waals surface area contributed by atoms with E-state index in [0.29, 0.717) is 5.92 Å². The van der Waals surface area contributed by atoms with E-state index in [1.807, 2.05) is 6.92 Å². The van der Waals surface area contributed by atoms with Crippen LogP contribution in [0.2, 0.25) is 0 Å². The normalized spacial score (nSPS) is 24.6. The van der Waals surface area contributed by atoms with E-state index in [9.17, 15) is 8.78 Å². The highest BCUT2D eigenvalue weighted by Gasteiger charge is 2.28. The van der Waals surface area contributed by atoms with Crippen LogP contribution in [0, 0.1) is 23.5 Å². The predicted molar refractivity (Wildman–Crippen MR) is 78.5 cm³/mol. The van der Waals surface area contributed by atoms with Crippen LogP contribution in [-0.2, 0) is 0 Å². The van der Waals surface area contributed by atoms with Crippen LogP contribution in [0.4, 0.5) is 8.78 Å². The third-order valence-corrected chi connectivity index (χ3v) is 4.54. The van der Waals surface area contributed by atoms with Crippen molar-refractivity contribution in [1.82, 2.24) is 5.32 Å². The van der Waals surface area contributed by atoms with Gasteiger partial charge in [0.05, 0.1) is 0 Å². The zero-order valence-electron chi connectivity index (χ0n) is 12.5. The maximum absolute atomic E-state index is 13.5. The second-order valence-electron chi connectivity index (χ2n) is 5.94. The summed E-state index contributed by atoms with van der Waals surface area (Å²) in [6, 6.07) is 3.97. The molecule has 1 aliphatic rings. The van der Waals surface area contributed by atoms with Gasteiger partial charge < -0.3 is 5.32 Å². The second kappa shape index (κ2) is 7.16. The first-order valence-electron chi connectivity index (χ1n) is 7.83. The first-order valence-corrected chi connectivity index (χ1v) is 7.83. The zero-order chi connectivity index (χ0) is 14.5. The molecule has 20 heavy (non-hydrogen) atoms. The Labute approximate surface area is 120 Å². The van der Waals surface area contributed by atoms with Gasteiger partial charge in [0.1, 0.15) is 11.6 Å². The Morgan fingerprint density at radius 1 is 1.15 bits per heavy atom. The molecular weight excluding hydrogens is 256 g/mol. The van der Waals surface area contributed by atoms with E-state index < -0.39 is 11.6 Å². The number of rotatable bonds is 5. The molecule has 0 amide bonds. The quantitative estimate of drug-likeness (QED) is 0.815. The maximum atomic E-state index is 13.5. The molecule has 0 aliphatic heterocycles. The lowest BCUT2D eigenvalue weighted by molar-refractivity contribution is 0.210. The van der Waals surface area contributed by atoms with Crippen molar-refractivity contribution in [2.24, 2.45) is 11.8 Å². The molecule has 3 atom stereocenters. The topological polar surface area (TPSA) is 12.0 Å². The Hall–Kier alpha value is -0.960. The van der Waals surface area contributed by atoms with E-state index in [1.54, 1.807) is 0 Å². The fourth-order valence-corrected chi connectivity index (χ4v) is 3.54. The number of nitrogens with one attached hydrogen (secondary N) is 1. The van der Waals surface area contributed by atoms with E-state index in [1.165, 1.54) is 31.4 Å². The Bertz CT molecular complexity index is 413. The molecule has 112 valence electrons. The van der Waals surface area contributed by atoms with E-state index in [0.717, 1.165) is 36.9 Å². The lowest BCUT2D eigenvalue weighted by atomic mass is 9.75. The van der Waals surface area contributed by atoms with Crippen molar-refractivity contribution in [2.75, 3.05) is 6.54 Å². The van der Waals surface area contributed by atoms with Crippen molar-refractivity contribution in [3.05, 3.63) is 35.4 Å². The SMILES string of the molecule is CCNC(c1cc(F)cc(F)c1)C1CCCC(CC)C1. The van der Waals surface area contributed by atoms with Gasteiger partial charge in [-0.3, -0.25) is 0 Å². The van der Waals surface area contributed by atoms with Gasteiger partial charge in [-0.2, -0.15) is 0 Å². The Kier molecular flexibility index (Phi) is 5.53. The van der Waals surface area contributed by atoms with Crippen LogP contribution in [0.5, 0.6) is 0 Å². The van der Waals surface area contributed by atoms with Crippen LogP contribution in [0.1, 0.15) is 57.6 Å². The molecule has 3 heteroatoms. The van der Waals surface area contributed by atoms with Gasteiger partial charge >= 0.3 is 0 Å². The molecule has 1 N–H and O–H groups in total. The fraction of sp³-hybridized carbons (Fsp3) is 0.647. The summed E-state index contributed by atoms with van der Waals surface area (Å²) < 4.78 is 26.9. The summed E-state index contributed by atoms with van der Waals surface area (Å²) in [5.41, 5.74) is 0.756. The van der Waals surface area contributed by atoms with Gasteiger partial charge in [0.25, 0.3) is 0 Å². The molecule has 1 fully saturated rings. The summed E-state index contributed by atoms with van der Waals surface area (Å²) in [5, 5.41) is 3.43. The number of hydrogen-bond donors (Lipinski definition) is 1. The monoisotopic (exact) mass is 281 g/mol. The number of benzene rings is 1. The Balaban J connectivity index is 2.21. The molecule has 2 rings (SSSR count). The van der Waals surface area contributed by atoms with E-state index >= 15 is 0 Å². The third-order valence-electron chi connectivity index (χ3n) is 4.54. The molecule has 0 saturated heterocycles. The molecule has 0 radical (unpaired) electrons. The molecule has 0 spiro atoms. The molecule has 1 nitrogen and oxygen atoms in total. The third kappa shape index (κ3) is 3.78. The van der Waals surface area contributed by atoms with Gasteiger partial charge in [0.2, 0.25) is 0 Å². The minimum Gasteiger partial charge on any atom is -0.310 e. The predicted octanol–water partition coefficient (Wildman–Crippen LogP) is 4.83. The van der Waals surface area contributed by atoms with Crippen molar-refractivity contribution in [1.29, 1.82) is 0 Å². The minimum atomic E-state index is -0.481. The summed E-state index contributed by atoms with van der Waals surface area (Å²) >= 11 is 0. The van der Waals surface area contributed by atoms with Crippen molar-refractivity contribution in [3.8, 4) is 0 Å². The summed E-state index contributed by atoms with van der Waals surface area (Å²) in [6.45, 7) is 5.09. The minimum absolute atomic E-state index is 0.0690. The van der Waals surface area contributed by atoms with Crippen LogP contribution in [-0.4, -0.2) is 6.54 Å². The molecule has 1 saturated carbocycles. The van der Waals surface area contributed by atoms with Crippen LogP contribution in [0.15, 0.2) is 18.2 Å². The van der Waals surface area contributed by atoms with Crippen LogP contribution in [0.3, 0.4) is 0 Å². The fourth-order valence-electron chi connectivity index (χ4n) is 3.54. The molecule has 1 aromatic rings. The largest absolute Gasteiger partial charge is 0.310 e. The van der Waals surface area contributed by atoms with Crippen molar-refractivity contribution >= 4 is 0 Å². The maximum Gasteiger partial charge on any atom is 0.126 e. The smallest absolute Gasteiger partial charge is 0.126 e. The average molecular weight is 281 g/mol. The molecule has 1 aromatic carbocycles. The Morgan fingerprint density at radius 2 is 1.85 bits per heavy atom. The van der Waals surface area contributed by atoms with E-state index in [2.05, 4.69) is 12.2 Å². The van der Waals surface area contributed by atoms with Crippen molar-refractivity contribution in [2.45, 2.75) is 52.0 Å². The van der Waals surface area contributed by atoms with Gasteiger partial charge in [0.15, 0.2) is 0 Å². The molecular formula is C17H25F2N. The van der Waals surface area contributed by atoms with Gasteiger partial charge in [-0.1, -0.05) is 33.1 Å². The highest BCUT2D eigenvalue weighted by Crippen LogP contribution is 2.38. The average Bonchev–Trinajstić information content (AvgIpc) is 2.43. The highest BCUT2D eigenvalue weighted by molar-refractivity contribution is 5.22. The molecule has 3 unspecified atom stereocenters. The van der Waals surface area contributed by atoms with Gasteiger partial charge in [-0.25, -0.2) is 8.78 Å². The zero-order valence-corrected chi connectivity index (χ0v) is 12.5. The van der Waals surface area contributed by atoms with Crippen molar-refractivity contribution < 1.29 is 8.78 Å². The summed E-state index contributed by atoms with van der Waals surface area (Å²) in [7, 11) is 0. The van der Waals surface area contributed by atoms with Crippen LogP contribution in [0.25, 0.3) is 0 Å². The number of halogens is 2. The molecule has 0 aromatic heterocycles. The standard InChI is InChI=1S/C17H25F2N/c1-3-12-6-5-7-13(8-12)17(20-4-2)14-9-15(18)11-16(19)10-14/h9-13,17,20H,3-8H2,1-2H3. The van der Waals surface area contributed by atoms with Crippen LogP contribution >= 0.6 is 0 Å². The summed E-state index contributed by atoms with van der Waals surface area (Å²) in [6.07, 6.45) is 6.03. The Morgan fingerprint density at radius 3 is 2.45 bits per heavy atom. The second-order valence-corrected chi connectivity index (χ2v) is 5.94. The summed E-state index contributed by atoms with van der Waals surface area (Å²) in [5.74, 6) is 0.277. The molecule has 1 aliphatic carbocycles. The lowest BCUT2D eigenvalue weighted by Crippen LogP contribution is -2.31. The van der Waals surface area contributed by atoms with Gasteiger partial charge in [-0.05, 0) is 48.9 Å². The first kappa shape index (κ1) is 15.4. The first-order chi connectivity index (χ1) is 9.63. The molecule has 0 bridgehead atoms. The summed E-state index contributed by atoms with van der Waals surface area (Å²) in [4.78, 5) is 0. The number of hydrogen-bond acceptors (Lipinski definition) is 1. The van der Waals surface area contributed by atoms with E-state index in [4.69, 9.17) is 0 Å². The van der Waals surface area contributed by atoms with E-state index in [-0.39, 0.29) is 6.04 Å². The van der Waals surface area contributed by atoms with Crippen molar-refractivity contribution in [3.63, 3.8) is 0 Å². The molecule has 0 heterocycles. The lowest BCUT2D eigenvalue weighted by Gasteiger charge is -2.35. The highest BCUT2D eigenvalue weighted by atomic mass is 19.1. The van der Waals surface area contributed by atoms with Gasteiger partial charge in [-0.15, -0.1) is 0 Å².